The van der Waals surface area contributed by atoms with E-state index < -0.39 is 0 Å². The van der Waals surface area contributed by atoms with E-state index in [-0.39, 0.29) is 0 Å². The molecule has 1 N–H and O–H groups in total. The van der Waals surface area contributed by atoms with Crippen LogP contribution in [0.4, 0.5) is 0 Å². The van der Waals surface area contributed by atoms with Crippen LogP contribution in [0.3, 0.4) is 0 Å². The monoisotopic (exact) mass is 224 g/mol. The van der Waals surface area contributed by atoms with Gasteiger partial charge in [-0.1, -0.05) is 32.6 Å². The fourth-order valence-electron chi connectivity index (χ4n) is 1.71. The van der Waals surface area contributed by atoms with Crippen LogP contribution in [0.15, 0.2) is 6.33 Å². The number of nitrogens with one attached hydrogen (secondary N) is 1. The van der Waals surface area contributed by atoms with Gasteiger partial charge in [0.25, 0.3) is 0 Å². The molecular formula is C12H24N4. The molecule has 1 atom stereocenters. The van der Waals surface area contributed by atoms with Crippen LogP contribution in [0, 0.1) is 0 Å². The summed E-state index contributed by atoms with van der Waals surface area (Å²) in [5.41, 5.74) is 0. The molecule has 1 rings (SSSR count). The van der Waals surface area contributed by atoms with Gasteiger partial charge < -0.3 is 5.32 Å². The molecular weight excluding hydrogens is 200 g/mol. The van der Waals surface area contributed by atoms with E-state index in [2.05, 4.69) is 29.2 Å². The van der Waals surface area contributed by atoms with E-state index >= 15 is 0 Å². The van der Waals surface area contributed by atoms with Crippen LogP contribution in [0.5, 0.6) is 0 Å². The van der Waals surface area contributed by atoms with Crippen LogP contribution in [0.1, 0.15) is 51.8 Å². The lowest BCUT2D eigenvalue weighted by Crippen LogP contribution is -2.25. The van der Waals surface area contributed by atoms with Gasteiger partial charge in [0.2, 0.25) is 0 Å². The Morgan fingerprint density at radius 2 is 2.19 bits per heavy atom. The standard InChI is InChI=1S/C12H24N4/c1-4-5-6-7-8-11(2)13-9-12-14-10-16(3)15-12/h10-11,13H,4-9H2,1-3H3. The molecule has 4 nitrogen and oxygen atoms in total. The van der Waals surface area contributed by atoms with Gasteiger partial charge in [0.15, 0.2) is 5.82 Å². The van der Waals surface area contributed by atoms with Crippen molar-refractivity contribution < 1.29 is 0 Å². The van der Waals surface area contributed by atoms with E-state index in [0.29, 0.717) is 6.04 Å². The fourth-order valence-corrected chi connectivity index (χ4v) is 1.71. The summed E-state index contributed by atoms with van der Waals surface area (Å²) < 4.78 is 1.74. The zero-order chi connectivity index (χ0) is 11.8. The first-order valence-electron chi connectivity index (χ1n) is 6.30. The number of hydrogen-bond acceptors (Lipinski definition) is 3. The maximum Gasteiger partial charge on any atom is 0.164 e. The number of unbranched alkanes of at least 4 members (excludes halogenated alkanes) is 3. The molecule has 0 radical (unpaired) electrons. The molecule has 0 saturated carbocycles. The normalized spacial score (nSPS) is 12.9. The van der Waals surface area contributed by atoms with Gasteiger partial charge in [-0.2, -0.15) is 5.10 Å². The second kappa shape index (κ2) is 7.39. The summed E-state index contributed by atoms with van der Waals surface area (Å²) in [5, 5.41) is 7.69. The van der Waals surface area contributed by atoms with Gasteiger partial charge in [-0.15, -0.1) is 0 Å². The highest BCUT2D eigenvalue weighted by Gasteiger charge is 2.03. The zero-order valence-corrected chi connectivity index (χ0v) is 10.7. The quantitative estimate of drug-likeness (QED) is 0.689. The highest BCUT2D eigenvalue weighted by Crippen LogP contribution is 2.05. The highest BCUT2D eigenvalue weighted by molar-refractivity contribution is 4.81. The first kappa shape index (κ1) is 13.2. The first-order chi connectivity index (χ1) is 7.72. The van der Waals surface area contributed by atoms with Gasteiger partial charge >= 0.3 is 0 Å². The van der Waals surface area contributed by atoms with Crippen molar-refractivity contribution in [2.75, 3.05) is 0 Å². The van der Waals surface area contributed by atoms with Crippen LogP contribution < -0.4 is 5.32 Å². The third-order valence-electron chi connectivity index (χ3n) is 2.75. The van der Waals surface area contributed by atoms with Gasteiger partial charge in [-0.25, -0.2) is 4.98 Å². The Labute approximate surface area is 98.5 Å². The SMILES string of the molecule is CCCCCCC(C)NCc1ncn(C)n1. The van der Waals surface area contributed by atoms with E-state index in [0.717, 1.165) is 12.4 Å². The summed E-state index contributed by atoms with van der Waals surface area (Å²) in [7, 11) is 1.89. The van der Waals surface area contributed by atoms with E-state index in [4.69, 9.17) is 0 Å². The van der Waals surface area contributed by atoms with Gasteiger partial charge in [0.1, 0.15) is 6.33 Å². The minimum absolute atomic E-state index is 0.556. The topological polar surface area (TPSA) is 42.7 Å². The van der Waals surface area contributed by atoms with Crippen LogP contribution in [0.25, 0.3) is 0 Å². The lowest BCUT2D eigenvalue weighted by Gasteiger charge is -2.11. The fraction of sp³-hybridized carbons (Fsp3) is 0.833. The lowest BCUT2D eigenvalue weighted by molar-refractivity contribution is 0.475. The molecule has 0 aromatic carbocycles. The van der Waals surface area contributed by atoms with Crippen molar-refractivity contribution in [3.05, 3.63) is 12.2 Å². The van der Waals surface area contributed by atoms with E-state index in [1.807, 2.05) is 7.05 Å². The van der Waals surface area contributed by atoms with Crippen molar-refractivity contribution in [2.24, 2.45) is 7.05 Å². The number of hydrogen-bond donors (Lipinski definition) is 1. The molecule has 1 aromatic rings. The molecule has 16 heavy (non-hydrogen) atoms. The largest absolute Gasteiger partial charge is 0.307 e. The van der Waals surface area contributed by atoms with Crippen molar-refractivity contribution in [3.8, 4) is 0 Å². The molecule has 1 unspecified atom stereocenters. The summed E-state index contributed by atoms with van der Waals surface area (Å²) in [4.78, 5) is 4.19. The number of nitrogens with zero attached hydrogens (tertiary/aromatic N) is 3. The Hall–Kier alpha value is -0.900. The maximum absolute atomic E-state index is 4.24. The van der Waals surface area contributed by atoms with Crippen molar-refractivity contribution in [1.82, 2.24) is 20.1 Å². The molecule has 0 fully saturated rings. The van der Waals surface area contributed by atoms with Crippen molar-refractivity contribution in [1.29, 1.82) is 0 Å². The minimum Gasteiger partial charge on any atom is -0.307 e. The summed E-state index contributed by atoms with van der Waals surface area (Å²) in [5.74, 6) is 0.878. The van der Waals surface area contributed by atoms with Gasteiger partial charge in [0, 0.05) is 13.1 Å². The summed E-state index contributed by atoms with van der Waals surface area (Å²) in [6, 6.07) is 0.556. The second-order valence-electron chi connectivity index (χ2n) is 4.47. The van der Waals surface area contributed by atoms with Crippen LogP contribution in [0.2, 0.25) is 0 Å². The lowest BCUT2D eigenvalue weighted by atomic mass is 10.1. The molecule has 1 aromatic heterocycles. The third-order valence-corrected chi connectivity index (χ3v) is 2.75. The summed E-state index contributed by atoms with van der Waals surface area (Å²) in [6.45, 7) is 5.25. The second-order valence-corrected chi connectivity index (χ2v) is 4.47. The molecule has 0 amide bonds. The molecule has 4 heteroatoms. The number of rotatable bonds is 8. The molecule has 0 spiro atoms. The zero-order valence-electron chi connectivity index (χ0n) is 10.7. The van der Waals surface area contributed by atoms with Crippen LogP contribution >= 0.6 is 0 Å². The van der Waals surface area contributed by atoms with Gasteiger partial charge in [-0.05, 0) is 13.3 Å². The Morgan fingerprint density at radius 3 is 2.81 bits per heavy atom. The summed E-state index contributed by atoms with van der Waals surface area (Å²) in [6.07, 6.45) is 8.31. The summed E-state index contributed by atoms with van der Waals surface area (Å²) >= 11 is 0. The molecule has 0 aliphatic heterocycles. The Bertz CT molecular complexity index is 282. The average molecular weight is 224 g/mol. The predicted molar refractivity (Wildman–Crippen MR) is 66.1 cm³/mol. The molecule has 1 heterocycles. The van der Waals surface area contributed by atoms with Gasteiger partial charge in [-0.3, -0.25) is 4.68 Å². The van der Waals surface area contributed by atoms with E-state index in [1.165, 1.54) is 32.1 Å². The van der Waals surface area contributed by atoms with Crippen LogP contribution in [-0.4, -0.2) is 20.8 Å². The smallest absolute Gasteiger partial charge is 0.164 e. The maximum atomic E-state index is 4.24. The van der Waals surface area contributed by atoms with E-state index in [9.17, 15) is 0 Å². The van der Waals surface area contributed by atoms with Crippen molar-refractivity contribution >= 4 is 0 Å². The van der Waals surface area contributed by atoms with E-state index in [1.54, 1.807) is 11.0 Å². The molecule has 0 aliphatic rings. The van der Waals surface area contributed by atoms with Gasteiger partial charge in [0.05, 0.1) is 6.54 Å². The van der Waals surface area contributed by atoms with Crippen molar-refractivity contribution in [3.63, 3.8) is 0 Å². The third kappa shape index (κ3) is 5.26. The predicted octanol–water partition coefficient (Wildman–Crippen LogP) is 2.26. The first-order valence-corrected chi connectivity index (χ1v) is 6.30. The Morgan fingerprint density at radius 1 is 1.38 bits per heavy atom. The number of aryl methyl sites for hydroxylation is 1. The highest BCUT2D eigenvalue weighted by atomic mass is 15.3. The average Bonchev–Trinajstić information content (AvgIpc) is 2.68. The molecule has 0 saturated heterocycles. The van der Waals surface area contributed by atoms with Crippen LogP contribution in [-0.2, 0) is 13.6 Å². The Kier molecular flexibility index (Phi) is 6.08. The van der Waals surface area contributed by atoms with Crippen molar-refractivity contribution in [2.45, 2.75) is 58.5 Å². The molecule has 92 valence electrons. The Balaban J connectivity index is 2.08. The minimum atomic E-state index is 0.556. The molecule has 0 bridgehead atoms. The molecule has 0 aliphatic carbocycles. The number of aromatic nitrogens is 3.